The summed E-state index contributed by atoms with van der Waals surface area (Å²) in [7, 11) is 0. The lowest BCUT2D eigenvalue weighted by Gasteiger charge is -2.09. The number of amides is 1. The second kappa shape index (κ2) is 7.36. The number of thioether (sulfide) groups is 1. The van der Waals surface area contributed by atoms with Gasteiger partial charge in [0.15, 0.2) is 0 Å². The Morgan fingerprint density at radius 1 is 1.15 bits per heavy atom. The summed E-state index contributed by atoms with van der Waals surface area (Å²) >= 11 is 7.51. The topological polar surface area (TPSA) is 29.1 Å². The lowest BCUT2D eigenvalue weighted by Crippen LogP contribution is -2.23. The van der Waals surface area contributed by atoms with Gasteiger partial charge in [0.25, 0.3) is 5.91 Å². The largest absolute Gasteiger partial charge is 0.348 e. The summed E-state index contributed by atoms with van der Waals surface area (Å²) in [4.78, 5) is 13.2. The summed E-state index contributed by atoms with van der Waals surface area (Å²) in [5.74, 6) is 0.901. The number of benzene rings is 2. The zero-order valence-electron chi connectivity index (χ0n) is 11.2. The summed E-state index contributed by atoms with van der Waals surface area (Å²) in [5, 5.41) is 3.64. The van der Waals surface area contributed by atoms with Crippen molar-refractivity contribution in [1.29, 1.82) is 0 Å². The van der Waals surface area contributed by atoms with E-state index in [4.69, 9.17) is 11.6 Å². The van der Waals surface area contributed by atoms with E-state index in [1.54, 1.807) is 11.8 Å². The molecule has 0 unspecified atom stereocenters. The van der Waals surface area contributed by atoms with Gasteiger partial charge in [-0.2, -0.15) is 0 Å². The van der Waals surface area contributed by atoms with E-state index < -0.39 is 0 Å². The van der Waals surface area contributed by atoms with E-state index in [9.17, 15) is 4.79 Å². The lowest BCUT2D eigenvalue weighted by molar-refractivity contribution is 0.0948. The van der Waals surface area contributed by atoms with Crippen molar-refractivity contribution in [2.45, 2.75) is 18.4 Å². The molecule has 2 nitrogen and oxygen atoms in total. The van der Waals surface area contributed by atoms with Crippen LogP contribution in [0, 0.1) is 0 Å². The quantitative estimate of drug-likeness (QED) is 0.830. The zero-order valence-corrected chi connectivity index (χ0v) is 12.8. The van der Waals surface area contributed by atoms with Crippen molar-refractivity contribution in [3.63, 3.8) is 0 Å². The maximum atomic E-state index is 12.2. The Balaban J connectivity index is 2.03. The Labute approximate surface area is 128 Å². The van der Waals surface area contributed by atoms with Gasteiger partial charge in [-0.1, -0.05) is 42.8 Å². The van der Waals surface area contributed by atoms with Crippen molar-refractivity contribution >= 4 is 29.3 Å². The molecule has 0 atom stereocenters. The van der Waals surface area contributed by atoms with Gasteiger partial charge >= 0.3 is 0 Å². The Bertz CT molecular complexity index is 583. The van der Waals surface area contributed by atoms with Crippen LogP contribution in [-0.2, 0) is 6.54 Å². The molecule has 4 heteroatoms. The summed E-state index contributed by atoms with van der Waals surface area (Å²) in [6, 6.07) is 15.1. The zero-order chi connectivity index (χ0) is 14.4. The molecular formula is C16H16ClNOS. The number of halogens is 1. The third-order valence-corrected chi connectivity index (χ3v) is 4.01. The summed E-state index contributed by atoms with van der Waals surface area (Å²) < 4.78 is 0. The normalized spacial score (nSPS) is 10.3. The highest BCUT2D eigenvalue weighted by molar-refractivity contribution is 7.99. The highest BCUT2D eigenvalue weighted by atomic mass is 35.5. The average Bonchev–Trinajstić information content (AvgIpc) is 2.47. The van der Waals surface area contributed by atoms with E-state index in [1.807, 2.05) is 48.5 Å². The Kier molecular flexibility index (Phi) is 5.50. The van der Waals surface area contributed by atoms with Gasteiger partial charge in [0.1, 0.15) is 0 Å². The number of hydrogen-bond acceptors (Lipinski definition) is 2. The molecule has 0 fully saturated rings. The molecule has 2 rings (SSSR count). The van der Waals surface area contributed by atoms with Gasteiger partial charge in [0.2, 0.25) is 0 Å². The first kappa shape index (κ1) is 14.9. The predicted octanol–water partition coefficient (Wildman–Crippen LogP) is 4.38. The third kappa shape index (κ3) is 4.02. The molecule has 0 spiro atoms. The van der Waals surface area contributed by atoms with Crippen LogP contribution in [0.1, 0.15) is 22.8 Å². The Morgan fingerprint density at radius 3 is 2.55 bits per heavy atom. The van der Waals surface area contributed by atoms with Gasteiger partial charge < -0.3 is 5.32 Å². The lowest BCUT2D eigenvalue weighted by atomic mass is 10.2. The molecule has 0 saturated heterocycles. The van der Waals surface area contributed by atoms with Crippen LogP contribution in [0.5, 0.6) is 0 Å². The van der Waals surface area contributed by atoms with Crippen LogP contribution in [0.3, 0.4) is 0 Å². The highest BCUT2D eigenvalue weighted by Crippen LogP contribution is 2.22. The first-order valence-electron chi connectivity index (χ1n) is 6.45. The van der Waals surface area contributed by atoms with Crippen molar-refractivity contribution < 1.29 is 4.79 Å². The number of carbonyl (C=O) groups excluding carboxylic acids is 1. The van der Waals surface area contributed by atoms with Crippen molar-refractivity contribution in [2.75, 3.05) is 5.75 Å². The monoisotopic (exact) mass is 305 g/mol. The molecule has 0 aliphatic rings. The van der Waals surface area contributed by atoms with E-state index in [2.05, 4.69) is 12.2 Å². The molecule has 1 N–H and O–H groups in total. The van der Waals surface area contributed by atoms with Crippen molar-refractivity contribution in [3.05, 3.63) is 64.7 Å². The van der Waals surface area contributed by atoms with Gasteiger partial charge in [0.05, 0.1) is 5.56 Å². The van der Waals surface area contributed by atoms with Gasteiger partial charge in [-0.25, -0.2) is 0 Å². The molecule has 0 aliphatic heterocycles. The smallest absolute Gasteiger partial charge is 0.252 e. The summed E-state index contributed by atoms with van der Waals surface area (Å²) in [5.41, 5.74) is 1.76. The molecule has 0 bridgehead atoms. The van der Waals surface area contributed by atoms with Gasteiger partial charge in [-0.05, 0) is 35.6 Å². The maximum absolute atomic E-state index is 12.2. The minimum absolute atomic E-state index is 0.0449. The second-order valence-corrected chi connectivity index (χ2v) is 5.98. The van der Waals surface area contributed by atoms with Crippen LogP contribution in [0.2, 0.25) is 5.02 Å². The SMILES string of the molecule is CCSc1ccccc1C(=O)NCc1ccc(Cl)cc1. The molecule has 0 saturated carbocycles. The van der Waals surface area contributed by atoms with Crippen LogP contribution >= 0.6 is 23.4 Å². The first-order valence-corrected chi connectivity index (χ1v) is 7.81. The van der Waals surface area contributed by atoms with Crippen LogP contribution < -0.4 is 5.32 Å². The molecule has 2 aromatic carbocycles. The minimum atomic E-state index is -0.0449. The number of nitrogens with one attached hydrogen (secondary N) is 1. The molecule has 2 aromatic rings. The summed E-state index contributed by atoms with van der Waals surface area (Å²) in [6.45, 7) is 2.58. The van der Waals surface area contributed by atoms with Crippen LogP contribution in [0.15, 0.2) is 53.4 Å². The predicted molar refractivity (Wildman–Crippen MR) is 85.5 cm³/mol. The molecule has 0 radical (unpaired) electrons. The number of carbonyl (C=O) groups is 1. The molecule has 0 heterocycles. The van der Waals surface area contributed by atoms with E-state index in [0.29, 0.717) is 11.6 Å². The summed E-state index contributed by atoms with van der Waals surface area (Å²) in [6.07, 6.45) is 0. The van der Waals surface area contributed by atoms with Crippen LogP contribution in [-0.4, -0.2) is 11.7 Å². The Morgan fingerprint density at radius 2 is 1.85 bits per heavy atom. The third-order valence-electron chi connectivity index (χ3n) is 2.80. The van der Waals surface area contributed by atoms with E-state index >= 15 is 0 Å². The molecule has 1 amide bonds. The number of rotatable bonds is 5. The van der Waals surface area contributed by atoms with Crippen molar-refractivity contribution in [2.24, 2.45) is 0 Å². The second-order valence-electron chi connectivity index (χ2n) is 4.24. The van der Waals surface area contributed by atoms with Crippen molar-refractivity contribution in [1.82, 2.24) is 5.32 Å². The molecule has 0 aromatic heterocycles. The molecule has 104 valence electrons. The van der Waals surface area contributed by atoms with Gasteiger partial charge in [-0.3, -0.25) is 4.79 Å². The molecule has 20 heavy (non-hydrogen) atoms. The van der Waals surface area contributed by atoms with Gasteiger partial charge in [0, 0.05) is 16.5 Å². The molecular weight excluding hydrogens is 290 g/mol. The van der Waals surface area contributed by atoms with E-state index in [1.165, 1.54) is 0 Å². The van der Waals surface area contributed by atoms with E-state index in [0.717, 1.165) is 21.8 Å². The van der Waals surface area contributed by atoms with Crippen LogP contribution in [0.4, 0.5) is 0 Å². The Hall–Kier alpha value is -1.45. The fraction of sp³-hybridized carbons (Fsp3) is 0.188. The van der Waals surface area contributed by atoms with Crippen molar-refractivity contribution in [3.8, 4) is 0 Å². The van der Waals surface area contributed by atoms with Gasteiger partial charge in [-0.15, -0.1) is 11.8 Å². The van der Waals surface area contributed by atoms with E-state index in [-0.39, 0.29) is 5.91 Å². The number of hydrogen-bond donors (Lipinski definition) is 1. The standard InChI is InChI=1S/C16H16ClNOS/c1-2-20-15-6-4-3-5-14(15)16(19)18-11-12-7-9-13(17)10-8-12/h3-10H,2,11H2,1H3,(H,18,19). The van der Waals surface area contributed by atoms with Crippen LogP contribution in [0.25, 0.3) is 0 Å². The minimum Gasteiger partial charge on any atom is -0.348 e. The molecule has 0 aliphatic carbocycles. The fourth-order valence-corrected chi connectivity index (χ4v) is 2.74. The highest BCUT2D eigenvalue weighted by Gasteiger charge is 2.10. The first-order chi connectivity index (χ1) is 9.70. The average molecular weight is 306 g/mol. The fourth-order valence-electron chi connectivity index (χ4n) is 1.82. The maximum Gasteiger partial charge on any atom is 0.252 e.